The Morgan fingerprint density at radius 2 is 1.76 bits per heavy atom. The molecule has 3 aromatic rings. The summed E-state index contributed by atoms with van der Waals surface area (Å²) in [4.78, 5) is 25.1. The van der Waals surface area contributed by atoms with Crippen LogP contribution in [-0.4, -0.2) is 18.7 Å². The molecule has 0 bridgehead atoms. The minimum Gasteiger partial charge on any atom is -0.454 e. The minimum absolute atomic E-state index is 0.177. The van der Waals surface area contributed by atoms with E-state index in [2.05, 4.69) is 5.32 Å². The molecular weight excluding hydrogens is 370 g/mol. The van der Waals surface area contributed by atoms with Crippen molar-refractivity contribution in [1.82, 2.24) is 0 Å². The van der Waals surface area contributed by atoms with Crippen LogP contribution in [0.3, 0.4) is 0 Å². The lowest BCUT2D eigenvalue weighted by molar-refractivity contribution is 0.0252. The van der Waals surface area contributed by atoms with Gasteiger partial charge in [0.2, 0.25) is 6.79 Å². The number of ether oxygens (including phenoxy) is 3. The summed E-state index contributed by atoms with van der Waals surface area (Å²) in [7, 11) is 0. The lowest BCUT2D eigenvalue weighted by Gasteiger charge is -2.25. The topological polar surface area (TPSA) is 73.9 Å². The predicted octanol–water partition coefficient (Wildman–Crippen LogP) is 4.12. The van der Waals surface area contributed by atoms with Crippen molar-refractivity contribution in [3.05, 3.63) is 89.0 Å². The van der Waals surface area contributed by atoms with Gasteiger partial charge in [-0.05, 0) is 41.5 Å². The fraction of sp³-hybridized carbons (Fsp3) is 0.130. The normalized spacial score (nSPS) is 16.7. The Morgan fingerprint density at radius 3 is 2.62 bits per heavy atom. The number of anilines is 1. The van der Waals surface area contributed by atoms with Gasteiger partial charge in [0.1, 0.15) is 6.10 Å². The molecule has 0 saturated heterocycles. The van der Waals surface area contributed by atoms with E-state index < -0.39 is 0 Å². The highest BCUT2D eigenvalue weighted by molar-refractivity contribution is 6.05. The lowest BCUT2D eigenvalue weighted by Crippen LogP contribution is -2.23. The molecule has 1 N–H and O–H groups in total. The summed E-state index contributed by atoms with van der Waals surface area (Å²) < 4.78 is 16.2. The summed E-state index contributed by atoms with van der Waals surface area (Å²) in [5.74, 6) is 0.619. The van der Waals surface area contributed by atoms with Crippen LogP contribution in [-0.2, 0) is 11.2 Å². The Morgan fingerprint density at radius 1 is 0.931 bits per heavy atom. The molecule has 0 spiro atoms. The number of amides is 1. The van der Waals surface area contributed by atoms with E-state index in [4.69, 9.17) is 14.2 Å². The molecule has 0 fully saturated rings. The molecule has 1 amide bonds. The van der Waals surface area contributed by atoms with Gasteiger partial charge in [0, 0.05) is 23.7 Å². The van der Waals surface area contributed by atoms with Crippen molar-refractivity contribution in [3.63, 3.8) is 0 Å². The van der Waals surface area contributed by atoms with Crippen molar-refractivity contribution >= 4 is 17.6 Å². The highest BCUT2D eigenvalue weighted by atomic mass is 16.7. The molecule has 0 aromatic heterocycles. The summed E-state index contributed by atoms with van der Waals surface area (Å²) in [6, 6.07) is 19.9. The average molecular weight is 387 g/mol. The second-order valence-electron chi connectivity index (χ2n) is 6.90. The second kappa shape index (κ2) is 6.98. The van der Waals surface area contributed by atoms with Crippen molar-refractivity contribution in [2.24, 2.45) is 0 Å². The Bertz CT molecular complexity index is 1110. The van der Waals surface area contributed by atoms with Gasteiger partial charge in [-0.25, -0.2) is 4.79 Å². The van der Waals surface area contributed by atoms with E-state index >= 15 is 0 Å². The third-order valence-electron chi connectivity index (χ3n) is 5.04. The number of carbonyl (C=O) groups excluding carboxylic acids is 2. The smallest absolute Gasteiger partial charge is 0.339 e. The van der Waals surface area contributed by atoms with E-state index in [1.54, 1.807) is 36.4 Å². The largest absolute Gasteiger partial charge is 0.454 e. The molecule has 2 aliphatic rings. The van der Waals surface area contributed by atoms with Crippen LogP contribution in [0, 0.1) is 0 Å². The van der Waals surface area contributed by atoms with Crippen LogP contribution in [0.5, 0.6) is 11.5 Å². The minimum atomic E-state index is -0.372. The molecule has 1 atom stereocenters. The molecule has 0 saturated carbocycles. The maximum Gasteiger partial charge on any atom is 0.339 e. The molecule has 144 valence electrons. The summed E-state index contributed by atoms with van der Waals surface area (Å²) in [6.45, 7) is 0.177. The number of hydrogen-bond acceptors (Lipinski definition) is 5. The molecule has 29 heavy (non-hydrogen) atoms. The number of benzene rings is 3. The molecule has 0 unspecified atom stereocenters. The van der Waals surface area contributed by atoms with E-state index in [1.807, 2.05) is 30.3 Å². The number of cyclic esters (lactones) is 1. The molecule has 5 rings (SSSR count). The van der Waals surface area contributed by atoms with Crippen molar-refractivity contribution in [3.8, 4) is 11.5 Å². The molecule has 6 nitrogen and oxygen atoms in total. The lowest BCUT2D eigenvalue weighted by atomic mass is 9.93. The summed E-state index contributed by atoms with van der Waals surface area (Å²) in [6.07, 6.45) is 0.166. The number of nitrogens with one attached hydrogen (secondary N) is 1. The maximum atomic E-state index is 12.7. The van der Waals surface area contributed by atoms with Crippen LogP contribution in [0.1, 0.15) is 37.9 Å². The van der Waals surface area contributed by atoms with Crippen molar-refractivity contribution in [2.45, 2.75) is 12.5 Å². The van der Waals surface area contributed by atoms with E-state index in [0.717, 1.165) is 11.1 Å². The SMILES string of the molecule is O=C(Nc1ccc2c(c1)OCO2)c1ccc2c(c1)C[C@@H](c1ccccc1)OC2=O. The number of hydrogen-bond donors (Lipinski definition) is 1. The Kier molecular flexibility index (Phi) is 4.17. The molecular formula is C23H17NO5. The first-order valence-electron chi connectivity index (χ1n) is 9.27. The first-order valence-corrected chi connectivity index (χ1v) is 9.27. The third-order valence-corrected chi connectivity index (χ3v) is 5.04. The summed E-state index contributed by atoms with van der Waals surface area (Å²) >= 11 is 0. The standard InChI is InChI=1S/C23H17NO5/c25-22(24-17-7-9-19-21(12-17)28-13-27-19)15-6-8-18-16(10-15)11-20(29-23(18)26)14-4-2-1-3-5-14/h1-10,12,20H,11,13H2,(H,24,25)/t20-/m0/s1. The quantitative estimate of drug-likeness (QED) is 0.685. The zero-order valence-corrected chi connectivity index (χ0v) is 15.4. The first kappa shape index (κ1) is 17.3. The second-order valence-corrected chi connectivity index (χ2v) is 6.90. The van der Waals surface area contributed by atoms with Gasteiger partial charge in [0.15, 0.2) is 11.5 Å². The van der Waals surface area contributed by atoms with Gasteiger partial charge in [-0.1, -0.05) is 30.3 Å². The van der Waals surface area contributed by atoms with Gasteiger partial charge in [0.05, 0.1) is 5.56 Å². The number of carbonyl (C=O) groups is 2. The van der Waals surface area contributed by atoms with E-state index in [-0.39, 0.29) is 24.8 Å². The molecule has 6 heteroatoms. The van der Waals surface area contributed by atoms with E-state index in [9.17, 15) is 9.59 Å². The van der Waals surface area contributed by atoms with E-state index in [1.165, 1.54) is 0 Å². The Hall–Kier alpha value is -3.80. The maximum absolute atomic E-state index is 12.7. The van der Waals surface area contributed by atoms with Crippen molar-refractivity contribution < 1.29 is 23.8 Å². The molecule has 2 heterocycles. The van der Waals surface area contributed by atoms with Gasteiger partial charge in [-0.3, -0.25) is 4.79 Å². The number of rotatable bonds is 3. The molecule has 0 radical (unpaired) electrons. The van der Waals surface area contributed by atoms with Crippen molar-refractivity contribution in [2.75, 3.05) is 12.1 Å². The Balaban J connectivity index is 1.38. The van der Waals surface area contributed by atoms with Crippen LogP contribution in [0.25, 0.3) is 0 Å². The third kappa shape index (κ3) is 3.29. The van der Waals surface area contributed by atoms with Crippen LogP contribution in [0.4, 0.5) is 5.69 Å². The molecule has 3 aromatic carbocycles. The molecule has 0 aliphatic carbocycles. The summed E-state index contributed by atoms with van der Waals surface area (Å²) in [5, 5.41) is 2.86. The van der Waals surface area contributed by atoms with Gasteiger partial charge in [0.25, 0.3) is 5.91 Å². The zero-order chi connectivity index (χ0) is 19.8. The Labute approximate surface area is 167 Å². The van der Waals surface area contributed by atoms with Gasteiger partial charge >= 0.3 is 5.97 Å². The van der Waals surface area contributed by atoms with Crippen molar-refractivity contribution in [1.29, 1.82) is 0 Å². The van der Waals surface area contributed by atoms with Gasteiger partial charge < -0.3 is 19.5 Å². The zero-order valence-electron chi connectivity index (χ0n) is 15.4. The highest BCUT2D eigenvalue weighted by Gasteiger charge is 2.28. The van der Waals surface area contributed by atoms with Gasteiger partial charge in [-0.15, -0.1) is 0 Å². The van der Waals surface area contributed by atoms with Gasteiger partial charge in [-0.2, -0.15) is 0 Å². The fourth-order valence-electron chi connectivity index (χ4n) is 3.57. The van der Waals surface area contributed by atoms with E-state index in [0.29, 0.717) is 34.7 Å². The summed E-state index contributed by atoms with van der Waals surface area (Å²) in [5.41, 5.74) is 3.31. The average Bonchev–Trinajstić information content (AvgIpc) is 3.22. The van der Waals surface area contributed by atoms with Crippen LogP contribution >= 0.6 is 0 Å². The number of fused-ring (bicyclic) bond motifs is 2. The monoisotopic (exact) mass is 387 g/mol. The van der Waals surface area contributed by atoms with Crippen LogP contribution < -0.4 is 14.8 Å². The fourth-order valence-corrected chi connectivity index (χ4v) is 3.57. The highest BCUT2D eigenvalue weighted by Crippen LogP contribution is 2.35. The van der Waals surface area contributed by atoms with Crippen LogP contribution in [0.15, 0.2) is 66.7 Å². The molecule has 2 aliphatic heterocycles. The predicted molar refractivity (Wildman–Crippen MR) is 105 cm³/mol. The number of esters is 1. The van der Waals surface area contributed by atoms with Crippen LogP contribution in [0.2, 0.25) is 0 Å². The first-order chi connectivity index (χ1) is 14.2.